The minimum atomic E-state index is -4.43. The number of carbonyl (C=O) groups is 2. The van der Waals surface area contributed by atoms with Gasteiger partial charge in [0.05, 0.1) is 5.56 Å². The summed E-state index contributed by atoms with van der Waals surface area (Å²) >= 11 is 1.27. The van der Waals surface area contributed by atoms with E-state index in [1.54, 1.807) is 24.3 Å². The lowest BCUT2D eigenvalue weighted by molar-refractivity contribution is -0.137. The van der Waals surface area contributed by atoms with Gasteiger partial charge < -0.3 is 5.32 Å². The van der Waals surface area contributed by atoms with E-state index in [0.29, 0.717) is 41.2 Å². The van der Waals surface area contributed by atoms with E-state index >= 15 is 0 Å². The Morgan fingerprint density at radius 2 is 1.52 bits per heavy atom. The van der Waals surface area contributed by atoms with E-state index in [0.717, 1.165) is 55.7 Å². The molecule has 4 rings (SSSR count). The van der Waals surface area contributed by atoms with Gasteiger partial charge in [-0.2, -0.15) is 13.2 Å². The van der Waals surface area contributed by atoms with Crippen molar-refractivity contribution in [2.75, 3.05) is 11.9 Å². The molecule has 0 aliphatic heterocycles. The Balaban J connectivity index is 1.20. The highest BCUT2D eigenvalue weighted by Gasteiger charge is 2.30. The lowest BCUT2D eigenvalue weighted by Crippen LogP contribution is -2.24. The summed E-state index contributed by atoms with van der Waals surface area (Å²) in [6.45, 7) is 4.92. The van der Waals surface area contributed by atoms with Crippen LogP contribution in [-0.4, -0.2) is 28.6 Å². The summed E-state index contributed by atoms with van der Waals surface area (Å²) in [4.78, 5) is 25.4. The highest BCUT2D eigenvalue weighted by Crippen LogP contribution is 2.32. The zero-order valence-corrected chi connectivity index (χ0v) is 25.8. The Hall–Kier alpha value is -4.05. The normalized spacial score (nSPS) is 11.4. The Morgan fingerprint density at radius 3 is 2.20 bits per heavy atom. The third kappa shape index (κ3) is 8.98. The van der Waals surface area contributed by atoms with E-state index in [1.807, 2.05) is 0 Å². The van der Waals surface area contributed by atoms with Gasteiger partial charge in [-0.1, -0.05) is 73.7 Å². The molecule has 2 amide bonds. The highest BCUT2D eigenvalue weighted by atomic mass is 32.1. The summed E-state index contributed by atoms with van der Waals surface area (Å²) in [6.07, 6.45) is 2.08. The maximum absolute atomic E-state index is 13.0. The third-order valence-electron chi connectivity index (χ3n) is 7.48. The zero-order valence-electron chi connectivity index (χ0n) is 25.0. The Kier molecular flexibility index (Phi) is 11.7. The molecule has 44 heavy (non-hydrogen) atoms. The van der Waals surface area contributed by atoms with Crippen LogP contribution in [0.4, 0.5) is 18.3 Å². The number of aryl methyl sites for hydroxylation is 3. The van der Waals surface area contributed by atoms with Crippen molar-refractivity contribution in [1.82, 2.24) is 15.5 Å². The molecule has 1 aromatic heterocycles. The zero-order chi connectivity index (χ0) is 31.5. The molecule has 0 aliphatic carbocycles. The summed E-state index contributed by atoms with van der Waals surface area (Å²) in [6, 6.07) is 17.9. The summed E-state index contributed by atoms with van der Waals surface area (Å²) in [5, 5.41) is 15.1. The van der Waals surface area contributed by atoms with Crippen LogP contribution in [0.5, 0.6) is 0 Å². The maximum Gasteiger partial charge on any atom is 0.416 e. The third-order valence-corrected chi connectivity index (χ3v) is 8.38. The number of carbonyl (C=O) groups excluding carboxylic acids is 2. The van der Waals surface area contributed by atoms with E-state index in [-0.39, 0.29) is 5.91 Å². The average molecular weight is 623 g/mol. The molecule has 10 heteroatoms. The predicted molar refractivity (Wildman–Crippen MR) is 169 cm³/mol. The fourth-order valence-electron chi connectivity index (χ4n) is 5.16. The van der Waals surface area contributed by atoms with Crippen molar-refractivity contribution >= 4 is 28.3 Å². The van der Waals surface area contributed by atoms with Crippen LogP contribution in [0.1, 0.15) is 77.2 Å². The quantitative estimate of drug-likeness (QED) is 0.139. The molecule has 0 fully saturated rings. The largest absolute Gasteiger partial charge is 0.416 e. The Bertz CT molecular complexity index is 1530. The van der Waals surface area contributed by atoms with Crippen LogP contribution in [0, 0.1) is 0 Å². The lowest BCUT2D eigenvalue weighted by atomic mass is 9.93. The van der Waals surface area contributed by atoms with E-state index in [9.17, 15) is 22.8 Å². The van der Waals surface area contributed by atoms with Gasteiger partial charge in [0.1, 0.15) is 5.01 Å². The monoisotopic (exact) mass is 622 g/mol. The Morgan fingerprint density at radius 1 is 0.818 bits per heavy atom. The summed E-state index contributed by atoms with van der Waals surface area (Å²) in [5.41, 5.74) is 4.71. The molecule has 3 aromatic carbocycles. The number of amides is 2. The molecule has 4 aromatic rings. The van der Waals surface area contributed by atoms with Gasteiger partial charge in [-0.25, -0.2) is 0 Å². The van der Waals surface area contributed by atoms with Gasteiger partial charge in [0.25, 0.3) is 5.91 Å². The molecule has 0 spiro atoms. The molecule has 0 unspecified atom stereocenters. The first kappa shape index (κ1) is 32.9. The number of nitrogens with zero attached hydrogens (tertiary/aromatic N) is 2. The summed E-state index contributed by atoms with van der Waals surface area (Å²) < 4.78 is 38.9. The van der Waals surface area contributed by atoms with Crippen molar-refractivity contribution in [3.63, 3.8) is 0 Å². The van der Waals surface area contributed by atoms with Gasteiger partial charge in [-0.3, -0.25) is 14.9 Å². The lowest BCUT2D eigenvalue weighted by Gasteiger charge is -2.13. The number of aromatic nitrogens is 2. The van der Waals surface area contributed by atoms with Crippen LogP contribution >= 0.6 is 11.3 Å². The van der Waals surface area contributed by atoms with Crippen molar-refractivity contribution in [3.05, 3.63) is 99.6 Å². The molecule has 2 N–H and O–H groups in total. The topological polar surface area (TPSA) is 84.0 Å². The number of hydrogen-bond acceptors (Lipinski definition) is 5. The predicted octanol–water partition coefficient (Wildman–Crippen LogP) is 8.06. The fraction of sp³-hybridized carbons (Fsp3) is 0.353. The molecular formula is C34H37F3N4O2S. The molecule has 0 aliphatic rings. The fourth-order valence-corrected chi connectivity index (χ4v) is 5.93. The van der Waals surface area contributed by atoms with Crippen LogP contribution in [0.3, 0.4) is 0 Å². The second-order valence-electron chi connectivity index (χ2n) is 10.5. The van der Waals surface area contributed by atoms with Crippen LogP contribution in [-0.2, 0) is 36.7 Å². The first-order valence-electron chi connectivity index (χ1n) is 15.0. The standard InChI is InChI=1S/C34H37F3N4O2S/c1-3-23-11-9-12-24(4-2)27(23)15-10-16-30(42)38-22-8-7-17-31-40-41-33(44-31)39-32(43)29-14-6-5-13-28(29)25-18-20-26(21-19-25)34(35,36)37/h5-6,9,11-14,18-21H,3-4,7-8,10,15-17,22H2,1-2H3,(H,38,42)(H,39,41,43). The summed E-state index contributed by atoms with van der Waals surface area (Å²) in [5.74, 6) is -0.357. The van der Waals surface area contributed by atoms with Crippen LogP contribution < -0.4 is 10.6 Å². The number of rotatable bonds is 14. The Labute approximate surface area is 260 Å². The molecule has 1 heterocycles. The number of alkyl halides is 3. The number of anilines is 1. The molecule has 0 bridgehead atoms. The number of hydrogen-bond donors (Lipinski definition) is 2. The van der Waals surface area contributed by atoms with Crippen molar-refractivity contribution in [2.24, 2.45) is 0 Å². The molecule has 0 saturated heterocycles. The average Bonchev–Trinajstić information content (AvgIpc) is 3.47. The number of nitrogens with one attached hydrogen (secondary N) is 2. The van der Waals surface area contributed by atoms with E-state index in [4.69, 9.17) is 0 Å². The molecule has 0 radical (unpaired) electrons. The van der Waals surface area contributed by atoms with Crippen molar-refractivity contribution < 1.29 is 22.8 Å². The van der Waals surface area contributed by atoms with E-state index in [2.05, 4.69) is 52.9 Å². The number of benzene rings is 3. The number of halogens is 3. The van der Waals surface area contributed by atoms with E-state index in [1.165, 1.54) is 40.2 Å². The summed E-state index contributed by atoms with van der Waals surface area (Å²) in [7, 11) is 0. The second-order valence-corrected chi connectivity index (χ2v) is 11.6. The van der Waals surface area contributed by atoms with Gasteiger partial charge in [0.15, 0.2) is 0 Å². The van der Waals surface area contributed by atoms with Gasteiger partial charge >= 0.3 is 6.18 Å². The van der Waals surface area contributed by atoms with Gasteiger partial charge in [0, 0.05) is 24.9 Å². The SMILES string of the molecule is CCc1cccc(CC)c1CCCC(=O)NCCCCc1nnc(NC(=O)c2ccccc2-c2ccc(C(F)(F)F)cc2)s1. The number of unbranched alkanes of at least 4 members (excludes halogenated alkanes) is 1. The molecule has 0 saturated carbocycles. The molecular weight excluding hydrogens is 585 g/mol. The second kappa shape index (κ2) is 15.6. The van der Waals surface area contributed by atoms with Gasteiger partial charge in [-0.15, -0.1) is 10.2 Å². The molecule has 0 atom stereocenters. The molecule has 232 valence electrons. The first-order valence-corrected chi connectivity index (χ1v) is 15.8. The maximum atomic E-state index is 13.0. The van der Waals surface area contributed by atoms with Crippen LogP contribution in [0.15, 0.2) is 66.7 Å². The first-order chi connectivity index (χ1) is 21.2. The van der Waals surface area contributed by atoms with Crippen LogP contribution in [0.2, 0.25) is 0 Å². The van der Waals surface area contributed by atoms with Gasteiger partial charge in [0.2, 0.25) is 11.0 Å². The van der Waals surface area contributed by atoms with Crippen molar-refractivity contribution in [1.29, 1.82) is 0 Å². The van der Waals surface area contributed by atoms with Crippen LogP contribution in [0.25, 0.3) is 11.1 Å². The smallest absolute Gasteiger partial charge is 0.356 e. The minimum Gasteiger partial charge on any atom is -0.356 e. The highest BCUT2D eigenvalue weighted by molar-refractivity contribution is 7.15. The van der Waals surface area contributed by atoms with Crippen molar-refractivity contribution in [3.8, 4) is 11.1 Å². The minimum absolute atomic E-state index is 0.0644. The van der Waals surface area contributed by atoms with Crippen molar-refractivity contribution in [2.45, 2.75) is 71.4 Å². The molecule has 6 nitrogen and oxygen atoms in total. The van der Waals surface area contributed by atoms with E-state index < -0.39 is 17.6 Å². The van der Waals surface area contributed by atoms with Gasteiger partial charge in [-0.05, 0) is 84.5 Å².